The Morgan fingerprint density at radius 1 is 1.33 bits per heavy atom. The highest BCUT2D eigenvalue weighted by Crippen LogP contribution is 2.28. The smallest absolute Gasteiger partial charge is 0.220 e. The first-order valence-electron chi connectivity index (χ1n) is 7.21. The molecule has 0 bridgehead atoms. The second kappa shape index (κ2) is 7.74. The zero-order valence-corrected chi connectivity index (χ0v) is 11.7. The normalized spacial score (nSPS) is 20.9. The Bertz CT molecular complexity index is 250. The molecular weight excluding hydrogens is 228 g/mol. The molecule has 106 valence electrons. The largest absolute Gasteiger partial charge is 0.391 e. The fraction of sp³-hybridized carbons (Fsp3) is 0.929. The minimum absolute atomic E-state index is 0.0133. The number of carbonyl (C=O) groups is 1. The third kappa shape index (κ3) is 5.83. The van der Waals surface area contributed by atoms with Crippen LogP contribution >= 0.6 is 0 Å². The fourth-order valence-corrected chi connectivity index (χ4v) is 2.89. The molecule has 4 nitrogen and oxygen atoms in total. The number of hydrogen-bond acceptors (Lipinski definition) is 3. The van der Waals surface area contributed by atoms with E-state index in [2.05, 4.69) is 19.2 Å². The maximum Gasteiger partial charge on any atom is 0.220 e. The number of aliphatic hydroxyl groups is 1. The Morgan fingerprint density at radius 3 is 2.44 bits per heavy atom. The maximum absolute atomic E-state index is 10.9. The van der Waals surface area contributed by atoms with Gasteiger partial charge >= 0.3 is 0 Å². The van der Waals surface area contributed by atoms with E-state index in [0.29, 0.717) is 12.0 Å². The van der Waals surface area contributed by atoms with Gasteiger partial charge in [-0.15, -0.1) is 0 Å². The molecule has 18 heavy (non-hydrogen) atoms. The maximum atomic E-state index is 10.9. The van der Waals surface area contributed by atoms with Crippen molar-refractivity contribution >= 4 is 5.91 Å². The molecule has 1 aliphatic carbocycles. The van der Waals surface area contributed by atoms with E-state index in [-0.39, 0.29) is 12.5 Å². The van der Waals surface area contributed by atoms with Crippen LogP contribution in [0.4, 0.5) is 0 Å². The Hall–Kier alpha value is -0.610. The number of rotatable bonds is 7. The van der Waals surface area contributed by atoms with E-state index in [1.54, 1.807) is 0 Å². The SMILES string of the molecule is CC(C)N[C@@H](CC1CCCCC1)[C@@H](O)CC(N)=O. The van der Waals surface area contributed by atoms with E-state index in [1.807, 2.05) is 0 Å². The molecule has 2 atom stereocenters. The van der Waals surface area contributed by atoms with Gasteiger partial charge in [0, 0.05) is 12.1 Å². The summed E-state index contributed by atoms with van der Waals surface area (Å²) in [5, 5.41) is 13.5. The Morgan fingerprint density at radius 2 is 1.94 bits per heavy atom. The average molecular weight is 256 g/mol. The first kappa shape index (κ1) is 15.4. The topological polar surface area (TPSA) is 75.3 Å². The van der Waals surface area contributed by atoms with Gasteiger partial charge in [0.05, 0.1) is 12.5 Å². The molecule has 0 heterocycles. The lowest BCUT2D eigenvalue weighted by Crippen LogP contribution is -2.46. The second-order valence-corrected chi connectivity index (χ2v) is 5.91. The number of hydrogen-bond donors (Lipinski definition) is 3. The minimum atomic E-state index is -0.660. The van der Waals surface area contributed by atoms with Crippen molar-refractivity contribution in [3.05, 3.63) is 0 Å². The first-order valence-corrected chi connectivity index (χ1v) is 7.21. The van der Waals surface area contributed by atoms with Crippen LogP contribution in [0.1, 0.15) is 58.8 Å². The highest BCUT2D eigenvalue weighted by Gasteiger charge is 2.25. The Labute approximate surface area is 110 Å². The number of primary amides is 1. The molecule has 0 saturated heterocycles. The number of carbonyl (C=O) groups excluding carboxylic acids is 1. The number of nitrogens with one attached hydrogen (secondary N) is 1. The van der Waals surface area contributed by atoms with Crippen LogP contribution in [0.15, 0.2) is 0 Å². The van der Waals surface area contributed by atoms with E-state index in [4.69, 9.17) is 5.73 Å². The van der Waals surface area contributed by atoms with E-state index < -0.39 is 12.0 Å². The molecule has 1 rings (SSSR count). The van der Waals surface area contributed by atoms with Crippen molar-refractivity contribution in [2.45, 2.75) is 77.0 Å². The molecule has 1 aliphatic rings. The summed E-state index contributed by atoms with van der Waals surface area (Å²) in [7, 11) is 0. The summed E-state index contributed by atoms with van der Waals surface area (Å²) in [4.78, 5) is 10.9. The first-order chi connectivity index (χ1) is 8.49. The van der Waals surface area contributed by atoms with Crippen molar-refractivity contribution in [1.29, 1.82) is 0 Å². The third-order valence-electron chi connectivity index (χ3n) is 3.73. The van der Waals surface area contributed by atoms with Crippen LogP contribution in [0.5, 0.6) is 0 Å². The van der Waals surface area contributed by atoms with Gasteiger partial charge in [0.15, 0.2) is 0 Å². The lowest BCUT2D eigenvalue weighted by atomic mass is 9.83. The van der Waals surface area contributed by atoms with Crippen molar-refractivity contribution in [2.75, 3.05) is 0 Å². The molecule has 0 radical (unpaired) electrons. The molecule has 0 aromatic rings. The van der Waals surface area contributed by atoms with Crippen molar-refractivity contribution < 1.29 is 9.90 Å². The lowest BCUT2D eigenvalue weighted by Gasteiger charge is -2.31. The summed E-state index contributed by atoms with van der Waals surface area (Å²) in [6.07, 6.45) is 6.77. The van der Waals surface area contributed by atoms with Crippen LogP contribution in [0, 0.1) is 5.92 Å². The number of nitrogens with two attached hydrogens (primary N) is 1. The van der Waals surface area contributed by atoms with Gasteiger partial charge in [0.1, 0.15) is 0 Å². The summed E-state index contributed by atoms with van der Waals surface area (Å²) in [6, 6.07) is 0.293. The van der Waals surface area contributed by atoms with Crippen LogP contribution < -0.4 is 11.1 Å². The summed E-state index contributed by atoms with van der Waals surface area (Å²) in [6.45, 7) is 4.12. The van der Waals surface area contributed by atoms with Crippen LogP contribution in [-0.2, 0) is 4.79 Å². The van der Waals surface area contributed by atoms with Crippen LogP contribution in [-0.4, -0.2) is 29.2 Å². The predicted octanol–water partition coefficient (Wildman–Crippen LogP) is 1.56. The van der Waals surface area contributed by atoms with Crippen molar-refractivity contribution in [3.63, 3.8) is 0 Å². The van der Waals surface area contributed by atoms with Gasteiger partial charge in [-0.3, -0.25) is 4.79 Å². The summed E-state index contributed by atoms with van der Waals surface area (Å²) in [5.74, 6) is 0.249. The molecule has 0 aromatic carbocycles. The molecule has 0 aliphatic heterocycles. The standard InChI is InChI=1S/C14H28N2O2/c1-10(2)16-12(13(17)9-14(15)18)8-11-6-4-3-5-7-11/h10-13,16-17H,3-9H2,1-2H3,(H2,15,18)/t12-,13-/m0/s1. The van der Waals surface area contributed by atoms with Gasteiger partial charge in [-0.1, -0.05) is 46.0 Å². The molecule has 0 spiro atoms. The molecule has 4 N–H and O–H groups in total. The zero-order chi connectivity index (χ0) is 13.5. The molecule has 1 fully saturated rings. The Balaban J connectivity index is 2.50. The summed E-state index contributed by atoms with van der Waals surface area (Å²) in [5.41, 5.74) is 5.17. The number of aliphatic hydroxyl groups excluding tert-OH is 1. The van der Waals surface area contributed by atoms with Crippen LogP contribution in [0.2, 0.25) is 0 Å². The van der Waals surface area contributed by atoms with Crippen LogP contribution in [0.3, 0.4) is 0 Å². The van der Waals surface area contributed by atoms with Crippen molar-refractivity contribution in [3.8, 4) is 0 Å². The lowest BCUT2D eigenvalue weighted by molar-refractivity contribution is -0.120. The number of amides is 1. The van der Waals surface area contributed by atoms with E-state index in [1.165, 1.54) is 32.1 Å². The highest BCUT2D eigenvalue weighted by atomic mass is 16.3. The predicted molar refractivity (Wildman–Crippen MR) is 73.1 cm³/mol. The van der Waals surface area contributed by atoms with E-state index >= 15 is 0 Å². The second-order valence-electron chi connectivity index (χ2n) is 5.91. The monoisotopic (exact) mass is 256 g/mol. The fourth-order valence-electron chi connectivity index (χ4n) is 2.89. The van der Waals surface area contributed by atoms with Gasteiger partial charge in [0.25, 0.3) is 0 Å². The van der Waals surface area contributed by atoms with Crippen molar-refractivity contribution in [1.82, 2.24) is 5.32 Å². The van der Waals surface area contributed by atoms with E-state index in [9.17, 15) is 9.90 Å². The van der Waals surface area contributed by atoms with Crippen LogP contribution in [0.25, 0.3) is 0 Å². The van der Waals surface area contributed by atoms with Gasteiger partial charge in [-0.2, -0.15) is 0 Å². The molecular formula is C14H28N2O2. The van der Waals surface area contributed by atoms with Gasteiger partial charge in [0.2, 0.25) is 5.91 Å². The van der Waals surface area contributed by atoms with Gasteiger partial charge in [-0.05, 0) is 12.3 Å². The van der Waals surface area contributed by atoms with Gasteiger partial charge < -0.3 is 16.2 Å². The zero-order valence-electron chi connectivity index (χ0n) is 11.7. The van der Waals surface area contributed by atoms with Crippen molar-refractivity contribution in [2.24, 2.45) is 11.7 Å². The summed E-state index contributed by atoms with van der Waals surface area (Å²) >= 11 is 0. The van der Waals surface area contributed by atoms with E-state index in [0.717, 1.165) is 6.42 Å². The quantitative estimate of drug-likeness (QED) is 0.647. The van der Waals surface area contributed by atoms with Gasteiger partial charge in [-0.25, -0.2) is 0 Å². The Kier molecular flexibility index (Phi) is 6.65. The minimum Gasteiger partial charge on any atom is -0.391 e. The summed E-state index contributed by atoms with van der Waals surface area (Å²) < 4.78 is 0. The average Bonchev–Trinajstić information content (AvgIpc) is 2.28. The third-order valence-corrected chi connectivity index (χ3v) is 3.73. The highest BCUT2D eigenvalue weighted by molar-refractivity contribution is 5.74. The molecule has 0 aromatic heterocycles. The molecule has 4 heteroatoms. The molecule has 0 unspecified atom stereocenters. The molecule has 1 saturated carbocycles. The molecule has 1 amide bonds.